The van der Waals surface area contributed by atoms with E-state index >= 15 is 0 Å². The Balaban J connectivity index is 2.50. The highest BCUT2D eigenvalue weighted by molar-refractivity contribution is 6.04. The molecule has 0 unspecified atom stereocenters. The Morgan fingerprint density at radius 2 is 1.50 bits per heavy atom. The van der Waals surface area contributed by atoms with Crippen molar-refractivity contribution in [3.05, 3.63) is 53.9 Å². The molecule has 0 bridgehead atoms. The molecule has 1 aromatic heterocycles. The first-order valence-corrected chi connectivity index (χ1v) is 6.04. The first kappa shape index (κ1) is 9.58. The van der Waals surface area contributed by atoms with Crippen LogP contribution in [-0.4, -0.2) is 17.6 Å². The minimum absolute atomic E-state index is 1.20. The Bertz CT molecular complexity index is 961. The molecule has 84 valence electrons. The maximum Gasteiger partial charge on any atom is 0.495 e. The van der Waals surface area contributed by atoms with Gasteiger partial charge in [-0.15, -0.1) is 0 Å². The van der Waals surface area contributed by atoms with E-state index in [1.807, 2.05) is 11.6 Å². The molecule has 0 N–H and O–H groups in total. The van der Waals surface area contributed by atoms with E-state index in [4.69, 9.17) is 0 Å². The van der Waals surface area contributed by atoms with E-state index in [-0.39, 0.29) is 0 Å². The second-order valence-electron chi connectivity index (χ2n) is 4.62. The van der Waals surface area contributed by atoms with Crippen molar-refractivity contribution in [2.45, 2.75) is 0 Å². The fraction of sp³-hybridized carbons (Fsp3) is 0.0625. The molecule has 3 aromatic rings. The predicted octanol–water partition coefficient (Wildman–Crippen LogP) is 1.43. The summed E-state index contributed by atoms with van der Waals surface area (Å²) in [6, 6.07) is 20.3. The van der Waals surface area contributed by atoms with Crippen LogP contribution in [0.15, 0.2) is 48.5 Å². The van der Waals surface area contributed by atoms with Crippen LogP contribution in [0.4, 0.5) is 0 Å². The summed E-state index contributed by atoms with van der Waals surface area (Å²) < 4.78 is 4.12. The van der Waals surface area contributed by atoms with Gasteiger partial charge in [0.05, 0.1) is 10.8 Å². The molecule has 2 heterocycles. The third-order valence-electron chi connectivity index (χ3n) is 3.45. The Kier molecular flexibility index (Phi) is 1.75. The number of benzene rings is 2. The van der Waals surface area contributed by atoms with Gasteiger partial charge in [-0.2, -0.15) is 0 Å². The van der Waals surface area contributed by atoms with Gasteiger partial charge < -0.3 is 0 Å². The maximum atomic E-state index is 3.33. The molecular weight excluding hydrogens is 220 g/mol. The first-order valence-electron chi connectivity index (χ1n) is 6.04. The van der Waals surface area contributed by atoms with Crippen LogP contribution in [0, 0.1) is 0 Å². The van der Waals surface area contributed by atoms with Crippen molar-refractivity contribution in [1.82, 2.24) is 0 Å². The highest BCUT2D eigenvalue weighted by Crippen LogP contribution is 2.19. The second kappa shape index (κ2) is 3.28. The number of nitrogens with zero attached hydrogens (tertiary/aromatic N) is 2. The fourth-order valence-corrected chi connectivity index (χ4v) is 2.69. The van der Waals surface area contributed by atoms with Crippen molar-refractivity contribution < 1.29 is 8.82 Å². The van der Waals surface area contributed by atoms with Crippen molar-refractivity contribution in [3.63, 3.8) is 0 Å². The van der Waals surface area contributed by atoms with Gasteiger partial charge in [0.2, 0.25) is 5.52 Å². The Labute approximate surface area is 104 Å². The predicted molar refractivity (Wildman–Crippen MR) is 72.3 cm³/mol. The summed E-state index contributed by atoms with van der Waals surface area (Å²) in [6.45, 7) is 0. The molecule has 2 nitrogen and oxygen atoms in total. The lowest BCUT2D eigenvalue weighted by atomic mass is 10.1. The zero-order valence-corrected chi connectivity index (χ0v) is 10.1. The van der Waals surface area contributed by atoms with Crippen LogP contribution >= 0.6 is 0 Å². The minimum Gasteiger partial charge on any atom is -0.0960 e. The van der Waals surface area contributed by atoms with E-state index < -0.39 is 0 Å². The number of fused-ring (bicyclic) bond motifs is 6. The van der Waals surface area contributed by atoms with E-state index in [1.54, 1.807) is 0 Å². The van der Waals surface area contributed by atoms with Gasteiger partial charge in [0, 0.05) is 11.5 Å². The van der Waals surface area contributed by atoms with Crippen molar-refractivity contribution in [3.8, 4) is 0 Å². The molecule has 1 aliphatic heterocycles. The number of aromatic nitrogens is 1. The molecule has 4 rings (SSSR count). The van der Waals surface area contributed by atoms with Crippen LogP contribution in [0.25, 0.3) is 27.9 Å². The SMILES string of the molecule is C[N+]1=C=[n+]2c(c3ccccc3c3ccccc32)=C1. The number of rotatable bonds is 0. The average Bonchev–Trinajstić information content (AvgIpc) is 2.81. The quantitative estimate of drug-likeness (QED) is 0.409. The largest absolute Gasteiger partial charge is 0.495 e. The van der Waals surface area contributed by atoms with Crippen LogP contribution in [-0.2, 0) is 0 Å². The van der Waals surface area contributed by atoms with Gasteiger partial charge in [0.1, 0.15) is 0 Å². The summed E-state index contributed by atoms with van der Waals surface area (Å²) >= 11 is 0. The Morgan fingerprint density at radius 3 is 2.33 bits per heavy atom. The van der Waals surface area contributed by atoms with Crippen molar-refractivity contribution in [2.24, 2.45) is 0 Å². The summed E-state index contributed by atoms with van der Waals surface area (Å²) in [5.41, 5.74) is 1.20. The summed E-state index contributed by atoms with van der Waals surface area (Å²) in [5.74, 6) is 0. The van der Waals surface area contributed by atoms with Crippen LogP contribution < -0.4 is 9.59 Å². The topological polar surface area (TPSA) is 8.91 Å². The lowest BCUT2D eigenvalue weighted by Gasteiger charge is -1.97. The summed E-state index contributed by atoms with van der Waals surface area (Å²) in [4.78, 5) is 0. The number of para-hydroxylation sites is 1. The third-order valence-corrected chi connectivity index (χ3v) is 3.45. The van der Waals surface area contributed by atoms with Crippen LogP contribution in [0.5, 0.6) is 0 Å². The molecule has 2 aromatic carbocycles. The third kappa shape index (κ3) is 1.13. The summed E-state index contributed by atoms with van der Waals surface area (Å²) in [7, 11) is 2.01. The second-order valence-corrected chi connectivity index (χ2v) is 4.62. The zero-order chi connectivity index (χ0) is 12.1. The zero-order valence-electron chi connectivity index (χ0n) is 10.1. The standard InChI is InChI=1S/C16H12N2/c1-17-10-16-14-8-3-2-6-12(14)13-7-4-5-9-15(13)18(16)11-17/h2-10H,1H3/q+2. The number of hydrogen-bond acceptors (Lipinski definition) is 0. The monoisotopic (exact) mass is 232 g/mol. The smallest absolute Gasteiger partial charge is 0.0960 e. The first-order chi connectivity index (χ1) is 8.84. The molecule has 0 amide bonds. The van der Waals surface area contributed by atoms with Gasteiger partial charge in [-0.25, -0.2) is 0 Å². The molecule has 0 aliphatic carbocycles. The molecular formula is C16H12N2+2. The van der Waals surface area contributed by atoms with Gasteiger partial charge in [-0.3, -0.25) is 0 Å². The highest BCUT2D eigenvalue weighted by Gasteiger charge is 2.19. The summed E-state index contributed by atoms with van der Waals surface area (Å²) in [5, 5.41) is 5.04. The molecule has 0 saturated heterocycles. The van der Waals surface area contributed by atoms with Crippen LogP contribution in [0.2, 0.25) is 0 Å². The lowest BCUT2D eigenvalue weighted by Crippen LogP contribution is -2.37. The number of hydrogen-bond donors (Lipinski definition) is 0. The van der Waals surface area contributed by atoms with E-state index in [0.717, 1.165) is 0 Å². The normalized spacial score (nSPS) is 13.1. The molecule has 0 spiro atoms. The molecule has 0 atom stereocenters. The fourth-order valence-electron chi connectivity index (χ4n) is 2.69. The van der Waals surface area contributed by atoms with E-state index in [1.165, 1.54) is 27.0 Å². The molecule has 0 saturated carbocycles. The minimum atomic E-state index is 1.20. The molecule has 0 radical (unpaired) electrons. The van der Waals surface area contributed by atoms with Gasteiger partial charge >= 0.3 is 6.01 Å². The van der Waals surface area contributed by atoms with Crippen molar-refractivity contribution in [1.29, 1.82) is 0 Å². The van der Waals surface area contributed by atoms with Crippen molar-refractivity contribution in [2.75, 3.05) is 7.05 Å². The van der Waals surface area contributed by atoms with Gasteiger partial charge in [-0.05, 0) is 16.4 Å². The van der Waals surface area contributed by atoms with E-state index in [0.29, 0.717) is 0 Å². The van der Waals surface area contributed by atoms with Crippen LogP contribution in [0.3, 0.4) is 0 Å². The molecule has 2 heteroatoms. The maximum absolute atomic E-state index is 3.33. The molecule has 18 heavy (non-hydrogen) atoms. The lowest BCUT2D eigenvalue weighted by molar-refractivity contribution is -0.467. The average molecular weight is 232 g/mol. The summed E-state index contributed by atoms with van der Waals surface area (Å²) in [6.07, 6.45) is 2.12. The molecule has 0 fully saturated rings. The highest BCUT2D eigenvalue weighted by atomic mass is 15.0. The van der Waals surface area contributed by atoms with Gasteiger partial charge in [-0.1, -0.05) is 34.9 Å². The van der Waals surface area contributed by atoms with E-state index in [2.05, 4.69) is 65.0 Å². The van der Waals surface area contributed by atoms with Crippen LogP contribution in [0.1, 0.15) is 0 Å². The van der Waals surface area contributed by atoms with Crippen molar-refractivity contribution >= 4 is 33.9 Å². The molecule has 1 aliphatic rings. The Morgan fingerprint density at radius 1 is 0.833 bits per heavy atom. The number of pyridine rings is 1. The Hall–Kier alpha value is -2.44. The van der Waals surface area contributed by atoms with Gasteiger partial charge in [0.15, 0.2) is 7.05 Å². The van der Waals surface area contributed by atoms with E-state index in [9.17, 15) is 0 Å². The van der Waals surface area contributed by atoms with Gasteiger partial charge in [0.25, 0.3) is 11.5 Å².